The second kappa shape index (κ2) is 7.57. The van der Waals surface area contributed by atoms with E-state index in [4.69, 9.17) is 0 Å². The quantitative estimate of drug-likeness (QED) is 0.773. The maximum Gasteiger partial charge on any atom is 0.00726 e. The van der Waals surface area contributed by atoms with Crippen molar-refractivity contribution in [2.75, 3.05) is 44.7 Å². The average molecular weight is 244 g/mol. The van der Waals surface area contributed by atoms with Gasteiger partial charge in [-0.15, -0.1) is 0 Å². The van der Waals surface area contributed by atoms with Gasteiger partial charge in [0.1, 0.15) is 0 Å². The van der Waals surface area contributed by atoms with Crippen molar-refractivity contribution in [1.82, 2.24) is 10.2 Å². The van der Waals surface area contributed by atoms with Crippen molar-refractivity contribution in [2.24, 2.45) is 5.41 Å². The molecule has 1 aliphatic rings. The van der Waals surface area contributed by atoms with E-state index in [-0.39, 0.29) is 0 Å². The van der Waals surface area contributed by atoms with Gasteiger partial charge in [-0.05, 0) is 37.6 Å². The Labute approximate surface area is 106 Å². The van der Waals surface area contributed by atoms with Crippen LogP contribution < -0.4 is 5.32 Å². The van der Waals surface area contributed by atoms with E-state index in [1.807, 2.05) is 0 Å². The molecular weight excluding hydrogens is 216 g/mol. The van der Waals surface area contributed by atoms with Crippen molar-refractivity contribution in [1.29, 1.82) is 0 Å². The summed E-state index contributed by atoms with van der Waals surface area (Å²) in [6.07, 6.45) is 3.99. The first-order valence-corrected chi connectivity index (χ1v) is 7.80. The molecule has 2 nitrogen and oxygen atoms in total. The van der Waals surface area contributed by atoms with Crippen LogP contribution in [-0.2, 0) is 0 Å². The third-order valence-electron chi connectivity index (χ3n) is 3.38. The van der Waals surface area contributed by atoms with Gasteiger partial charge in [-0.25, -0.2) is 0 Å². The Hall–Kier alpha value is 0.270. The molecule has 1 rings (SSSR count). The number of nitrogens with zero attached hydrogens (tertiary/aromatic N) is 1. The van der Waals surface area contributed by atoms with E-state index in [1.54, 1.807) is 0 Å². The van der Waals surface area contributed by atoms with Gasteiger partial charge in [-0.3, -0.25) is 0 Å². The Morgan fingerprint density at radius 1 is 1.31 bits per heavy atom. The summed E-state index contributed by atoms with van der Waals surface area (Å²) in [4.78, 5) is 2.67. The molecule has 0 aromatic heterocycles. The van der Waals surface area contributed by atoms with Crippen LogP contribution >= 0.6 is 11.8 Å². The smallest absolute Gasteiger partial charge is 0.00726 e. The number of hydrogen-bond donors (Lipinski definition) is 1. The first-order valence-electron chi connectivity index (χ1n) is 6.65. The Bertz CT molecular complexity index is 171. The highest BCUT2D eigenvalue weighted by Gasteiger charge is 2.25. The molecule has 3 heteroatoms. The zero-order valence-corrected chi connectivity index (χ0v) is 12.0. The first kappa shape index (κ1) is 14.3. The van der Waals surface area contributed by atoms with Crippen molar-refractivity contribution >= 4 is 11.8 Å². The highest BCUT2D eigenvalue weighted by molar-refractivity contribution is 7.99. The molecule has 0 saturated carbocycles. The largest absolute Gasteiger partial charge is 0.319 e. The third-order valence-corrected chi connectivity index (χ3v) is 4.43. The monoisotopic (exact) mass is 244 g/mol. The van der Waals surface area contributed by atoms with Crippen LogP contribution in [-0.4, -0.2) is 49.6 Å². The summed E-state index contributed by atoms with van der Waals surface area (Å²) in [6.45, 7) is 9.73. The highest BCUT2D eigenvalue weighted by atomic mass is 32.2. The van der Waals surface area contributed by atoms with Crippen molar-refractivity contribution in [3.8, 4) is 0 Å². The normalized spacial score (nSPS) is 22.7. The predicted octanol–water partition coefficient (Wildman–Crippen LogP) is 2.45. The minimum Gasteiger partial charge on any atom is -0.319 e. The van der Waals surface area contributed by atoms with Crippen LogP contribution in [0.2, 0.25) is 0 Å². The molecule has 16 heavy (non-hydrogen) atoms. The van der Waals surface area contributed by atoms with E-state index in [0.717, 1.165) is 6.54 Å². The SMILES string of the molecule is CCCC(C)(CNC)CN1CCCSCC1. The molecule has 0 aromatic rings. The second-order valence-corrected chi connectivity index (χ2v) is 6.56. The number of nitrogens with one attached hydrogen (secondary N) is 1. The number of thioether (sulfide) groups is 1. The lowest BCUT2D eigenvalue weighted by Gasteiger charge is -2.35. The summed E-state index contributed by atoms with van der Waals surface area (Å²) in [5, 5.41) is 3.37. The van der Waals surface area contributed by atoms with Gasteiger partial charge >= 0.3 is 0 Å². The second-order valence-electron chi connectivity index (χ2n) is 5.33. The van der Waals surface area contributed by atoms with Crippen LogP contribution in [0, 0.1) is 5.41 Å². The Kier molecular flexibility index (Phi) is 6.78. The predicted molar refractivity (Wildman–Crippen MR) is 75.3 cm³/mol. The molecular formula is C13H28N2S. The Morgan fingerprint density at radius 2 is 2.12 bits per heavy atom. The molecule has 1 unspecified atom stereocenters. The lowest BCUT2D eigenvalue weighted by atomic mass is 9.84. The van der Waals surface area contributed by atoms with Gasteiger partial charge in [0, 0.05) is 25.4 Å². The molecule has 1 N–H and O–H groups in total. The van der Waals surface area contributed by atoms with Gasteiger partial charge in [-0.1, -0.05) is 20.3 Å². The Balaban J connectivity index is 2.45. The number of rotatable bonds is 6. The van der Waals surface area contributed by atoms with E-state index in [2.05, 4.69) is 42.9 Å². The van der Waals surface area contributed by atoms with Crippen molar-refractivity contribution in [3.05, 3.63) is 0 Å². The zero-order chi connectivity index (χ0) is 11.9. The van der Waals surface area contributed by atoms with Crippen LogP contribution in [0.25, 0.3) is 0 Å². The molecule has 0 amide bonds. The summed E-state index contributed by atoms with van der Waals surface area (Å²) in [5.41, 5.74) is 0.457. The molecule has 0 radical (unpaired) electrons. The fourth-order valence-electron chi connectivity index (χ4n) is 2.75. The summed E-state index contributed by atoms with van der Waals surface area (Å²) in [6, 6.07) is 0. The maximum atomic E-state index is 3.37. The topological polar surface area (TPSA) is 15.3 Å². The van der Waals surface area contributed by atoms with Gasteiger partial charge < -0.3 is 10.2 Å². The van der Waals surface area contributed by atoms with Crippen LogP contribution in [0.3, 0.4) is 0 Å². The molecule has 1 heterocycles. The van der Waals surface area contributed by atoms with Crippen LogP contribution in [0.1, 0.15) is 33.1 Å². The number of hydrogen-bond acceptors (Lipinski definition) is 3. The summed E-state index contributed by atoms with van der Waals surface area (Å²) in [5.74, 6) is 2.68. The minimum atomic E-state index is 0.457. The molecule has 0 spiro atoms. The maximum absolute atomic E-state index is 3.37. The van der Waals surface area contributed by atoms with Gasteiger partial charge in [0.15, 0.2) is 0 Å². The molecule has 0 bridgehead atoms. The lowest BCUT2D eigenvalue weighted by Crippen LogP contribution is -2.42. The van der Waals surface area contributed by atoms with Crippen molar-refractivity contribution < 1.29 is 0 Å². The fraction of sp³-hybridized carbons (Fsp3) is 1.00. The van der Waals surface area contributed by atoms with E-state index in [1.165, 1.54) is 50.4 Å². The van der Waals surface area contributed by atoms with Gasteiger partial charge in [-0.2, -0.15) is 11.8 Å². The van der Waals surface area contributed by atoms with Crippen LogP contribution in [0.5, 0.6) is 0 Å². The van der Waals surface area contributed by atoms with Gasteiger partial charge in [0.05, 0.1) is 0 Å². The average Bonchev–Trinajstić information content (AvgIpc) is 2.46. The zero-order valence-electron chi connectivity index (χ0n) is 11.2. The van der Waals surface area contributed by atoms with Gasteiger partial charge in [0.25, 0.3) is 0 Å². The summed E-state index contributed by atoms with van der Waals surface area (Å²) in [7, 11) is 2.08. The molecule has 1 fully saturated rings. The molecule has 1 saturated heterocycles. The minimum absolute atomic E-state index is 0.457. The Morgan fingerprint density at radius 3 is 2.81 bits per heavy atom. The van der Waals surface area contributed by atoms with Crippen molar-refractivity contribution in [2.45, 2.75) is 33.1 Å². The van der Waals surface area contributed by atoms with E-state index < -0.39 is 0 Å². The van der Waals surface area contributed by atoms with E-state index in [0.29, 0.717) is 5.41 Å². The molecule has 1 aliphatic heterocycles. The highest BCUT2D eigenvalue weighted by Crippen LogP contribution is 2.25. The lowest BCUT2D eigenvalue weighted by molar-refractivity contribution is 0.159. The third kappa shape index (κ3) is 5.07. The molecule has 96 valence electrons. The molecule has 0 aliphatic carbocycles. The van der Waals surface area contributed by atoms with Crippen molar-refractivity contribution in [3.63, 3.8) is 0 Å². The summed E-state index contributed by atoms with van der Waals surface area (Å²) >= 11 is 2.11. The molecule has 0 aromatic carbocycles. The molecule has 1 atom stereocenters. The first-order chi connectivity index (χ1) is 7.70. The fourth-order valence-corrected chi connectivity index (χ4v) is 3.67. The van der Waals surface area contributed by atoms with E-state index >= 15 is 0 Å². The van der Waals surface area contributed by atoms with Crippen LogP contribution in [0.4, 0.5) is 0 Å². The van der Waals surface area contributed by atoms with E-state index in [9.17, 15) is 0 Å². The standard InChI is InChI=1S/C13H28N2S/c1-4-6-13(2,11-14-3)12-15-7-5-9-16-10-8-15/h14H,4-12H2,1-3H3. The van der Waals surface area contributed by atoms with Gasteiger partial charge in [0.2, 0.25) is 0 Å². The summed E-state index contributed by atoms with van der Waals surface area (Å²) < 4.78 is 0. The van der Waals surface area contributed by atoms with Crippen LogP contribution in [0.15, 0.2) is 0 Å².